The number of hydrogen-bond acceptors (Lipinski definition) is 2. The molecule has 4 rings (SSSR count). The Kier molecular flexibility index (Phi) is 3.78. The SMILES string of the molecule is [Ir].[c-]1ccccc1-c1ncnc2c1ccc1ccccc12. The molecule has 0 N–H and O–H groups in total. The first-order valence-electron chi connectivity index (χ1n) is 6.53. The minimum Gasteiger partial charge on any atom is -0.285 e. The van der Waals surface area contributed by atoms with Gasteiger partial charge in [0.2, 0.25) is 0 Å². The molecule has 1 radical (unpaired) electrons. The number of rotatable bonds is 1. The quantitative estimate of drug-likeness (QED) is 0.322. The molecule has 0 spiro atoms. The zero-order valence-electron chi connectivity index (χ0n) is 11.1. The molecule has 0 unspecified atom stereocenters. The van der Waals surface area contributed by atoms with E-state index in [0.29, 0.717) is 0 Å². The molecule has 0 saturated heterocycles. The van der Waals surface area contributed by atoms with Gasteiger partial charge in [-0.2, -0.15) is 0 Å². The topological polar surface area (TPSA) is 25.8 Å². The summed E-state index contributed by atoms with van der Waals surface area (Å²) in [5, 5.41) is 3.42. The van der Waals surface area contributed by atoms with Crippen LogP contribution in [0, 0.1) is 6.07 Å². The van der Waals surface area contributed by atoms with E-state index in [-0.39, 0.29) is 20.1 Å². The molecule has 0 saturated carbocycles. The van der Waals surface area contributed by atoms with Crippen molar-refractivity contribution in [1.82, 2.24) is 9.97 Å². The maximum atomic E-state index is 4.47. The van der Waals surface area contributed by atoms with Crippen molar-refractivity contribution >= 4 is 21.7 Å². The summed E-state index contributed by atoms with van der Waals surface area (Å²) >= 11 is 0. The van der Waals surface area contributed by atoms with Crippen molar-refractivity contribution in [3.8, 4) is 11.3 Å². The van der Waals surface area contributed by atoms with Gasteiger partial charge in [-0.3, -0.25) is 4.98 Å². The summed E-state index contributed by atoms with van der Waals surface area (Å²) in [6.07, 6.45) is 1.63. The molecular formula is C18H11IrN2-. The van der Waals surface area contributed by atoms with Crippen LogP contribution < -0.4 is 0 Å². The Morgan fingerprint density at radius 2 is 1.62 bits per heavy atom. The van der Waals surface area contributed by atoms with Gasteiger partial charge in [-0.25, -0.2) is 4.98 Å². The molecule has 1 heterocycles. The van der Waals surface area contributed by atoms with E-state index in [1.54, 1.807) is 6.33 Å². The molecule has 0 fully saturated rings. The molecule has 3 heteroatoms. The summed E-state index contributed by atoms with van der Waals surface area (Å²) < 4.78 is 0. The van der Waals surface area contributed by atoms with Crippen molar-refractivity contribution in [3.63, 3.8) is 0 Å². The molecule has 0 bridgehead atoms. The number of fused-ring (bicyclic) bond motifs is 3. The van der Waals surface area contributed by atoms with Crippen molar-refractivity contribution in [1.29, 1.82) is 0 Å². The van der Waals surface area contributed by atoms with E-state index < -0.39 is 0 Å². The van der Waals surface area contributed by atoms with Crippen LogP contribution in [0.3, 0.4) is 0 Å². The number of hydrogen-bond donors (Lipinski definition) is 0. The Morgan fingerprint density at radius 1 is 0.762 bits per heavy atom. The summed E-state index contributed by atoms with van der Waals surface area (Å²) in [5.74, 6) is 0. The fourth-order valence-corrected chi connectivity index (χ4v) is 2.55. The molecule has 2 nitrogen and oxygen atoms in total. The first kappa shape index (κ1) is 13.9. The fourth-order valence-electron chi connectivity index (χ4n) is 2.55. The predicted octanol–water partition coefficient (Wildman–Crippen LogP) is 4.25. The zero-order valence-corrected chi connectivity index (χ0v) is 13.5. The van der Waals surface area contributed by atoms with Crippen LogP contribution in [-0.2, 0) is 20.1 Å². The Labute approximate surface area is 136 Å². The van der Waals surface area contributed by atoms with Gasteiger partial charge in [-0.1, -0.05) is 36.4 Å². The van der Waals surface area contributed by atoms with E-state index >= 15 is 0 Å². The molecule has 4 aromatic rings. The van der Waals surface area contributed by atoms with Crippen LogP contribution >= 0.6 is 0 Å². The largest absolute Gasteiger partial charge is 0.285 e. The fraction of sp³-hybridized carbons (Fsp3) is 0. The van der Waals surface area contributed by atoms with Crippen molar-refractivity contribution in [2.24, 2.45) is 0 Å². The monoisotopic (exact) mass is 448 g/mol. The minimum atomic E-state index is 0. The van der Waals surface area contributed by atoms with Crippen molar-refractivity contribution in [2.45, 2.75) is 0 Å². The van der Waals surface area contributed by atoms with Crippen LogP contribution in [0.5, 0.6) is 0 Å². The second kappa shape index (κ2) is 5.72. The van der Waals surface area contributed by atoms with Crippen LogP contribution in [0.2, 0.25) is 0 Å². The number of benzene rings is 3. The van der Waals surface area contributed by atoms with Crippen molar-refractivity contribution in [2.75, 3.05) is 0 Å². The minimum absolute atomic E-state index is 0. The van der Waals surface area contributed by atoms with Gasteiger partial charge < -0.3 is 0 Å². The van der Waals surface area contributed by atoms with Gasteiger partial charge in [0, 0.05) is 25.5 Å². The Morgan fingerprint density at radius 3 is 2.48 bits per heavy atom. The van der Waals surface area contributed by atoms with Crippen LogP contribution in [0.4, 0.5) is 0 Å². The van der Waals surface area contributed by atoms with Crippen LogP contribution in [0.25, 0.3) is 32.9 Å². The molecular weight excluding hydrogens is 436 g/mol. The summed E-state index contributed by atoms with van der Waals surface area (Å²) in [5.41, 5.74) is 2.92. The van der Waals surface area contributed by atoms with Crippen LogP contribution in [0.1, 0.15) is 0 Å². The molecule has 103 valence electrons. The Bertz CT molecular complexity index is 904. The van der Waals surface area contributed by atoms with Gasteiger partial charge >= 0.3 is 0 Å². The van der Waals surface area contributed by atoms with Gasteiger partial charge in [-0.05, 0) is 16.5 Å². The Hall–Kier alpha value is -2.09. The van der Waals surface area contributed by atoms with Crippen LogP contribution in [-0.4, -0.2) is 9.97 Å². The summed E-state index contributed by atoms with van der Waals surface area (Å²) in [4.78, 5) is 8.91. The average Bonchev–Trinajstić information content (AvgIpc) is 2.55. The van der Waals surface area contributed by atoms with E-state index in [2.05, 4.69) is 40.3 Å². The van der Waals surface area contributed by atoms with Gasteiger partial charge in [-0.15, -0.1) is 35.9 Å². The zero-order chi connectivity index (χ0) is 13.4. The average molecular weight is 448 g/mol. The third-order valence-electron chi connectivity index (χ3n) is 3.49. The summed E-state index contributed by atoms with van der Waals surface area (Å²) in [6.45, 7) is 0. The van der Waals surface area contributed by atoms with Crippen molar-refractivity contribution < 1.29 is 20.1 Å². The first-order chi connectivity index (χ1) is 9.93. The standard InChI is InChI=1S/C18H11N2.Ir/c1-2-7-14(8-3-1)17-16-11-10-13-6-4-5-9-15(13)18(16)20-12-19-17;/h1-7,9-12H;/q-1;. The molecule has 0 amide bonds. The van der Waals surface area contributed by atoms with Crippen LogP contribution in [0.15, 0.2) is 67.0 Å². The smallest absolute Gasteiger partial charge is 0.106 e. The van der Waals surface area contributed by atoms with Gasteiger partial charge in [0.05, 0.1) is 5.52 Å². The molecule has 3 aromatic carbocycles. The maximum absolute atomic E-state index is 4.47. The molecule has 1 aromatic heterocycles. The van der Waals surface area contributed by atoms with Gasteiger partial charge in [0.25, 0.3) is 0 Å². The molecule has 0 aliphatic rings. The molecule has 0 aliphatic carbocycles. The number of nitrogens with zero attached hydrogens (tertiary/aromatic N) is 2. The molecule has 0 atom stereocenters. The van der Waals surface area contributed by atoms with E-state index in [0.717, 1.165) is 27.5 Å². The number of aromatic nitrogens is 2. The second-order valence-corrected chi connectivity index (χ2v) is 4.68. The summed E-state index contributed by atoms with van der Waals surface area (Å²) in [6, 6.07) is 23.6. The van der Waals surface area contributed by atoms with E-state index in [9.17, 15) is 0 Å². The van der Waals surface area contributed by atoms with Crippen molar-refractivity contribution in [3.05, 3.63) is 73.1 Å². The van der Waals surface area contributed by atoms with E-state index in [1.807, 2.05) is 36.4 Å². The van der Waals surface area contributed by atoms with E-state index in [4.69, 9.17) is 0 Å². The third-order valence-corrected chi connectivity index (χ3v) is 3.49. The normalized spacial score (nSPS) is 10.5. The Balaban J connectivity index is 0.00000132. The third kappa shape index (κ3) is 2.35. The van der Waals surface area contributed by atoms with Gasteiger partial charge in [0.15, 0.2) is 0 Å². The molecule has 0 aliphatic heterocycles. The second-order valence-electron chi connectivity index (χ2n) is 4.68. The van der Waals surface area contributed by atoms with Gasteiger partial charge in [0.1, 0.15) is 6.33 Å². The maximum Gasteiger partial charge on any atom is 0.106 e. The first-order valence-corrected chi connectivity index (χ1v) is 6.53. The summed E-state index contributed by atoms with van der Waals surface area (Å²) in [7, 11) is 0. The van der Waals surface area contributed by atoms with E-state index in [1.165, 1.54) is 5.39 Å². The molecule has 21 heavy (non-hydrogen) atoms. The predicted molar refractivity (Wildman–Crippen MR) is 81.3 cm³/mol.